The predicted molar refractivity (Wildman–Crippen MR) is 114 cm³/mol. The van der Waals surface area contributed by atoms with Crippen molar-refractivity contribution in [1.82, 2.24) is 10.6 Å². The van der Waals surface area contributed by atoms with Gasteiger partial charge in [0, 0.05) is 43.2 Å². The third-order valence-electron chi connectivity index (χ3n) is 4.80. The summed E-state index contributed by atoms with van der Waals surface area (Å²) in [5.74, 6) is 2.11. The molecule has 0 bridgehead atoms. The van der Waals surface area contributed by atoms with Crippen LogP contribution in [0.2, 0.25) is 5.02 Å². The van der Waals surface area contributed by atoms with Gasteiger partial charge in [0.1, 0.15) is 5.75 Å². The molecule has 1 saturated heterocycles. The maximum absolute atomic E-state index is 6.22. The molecule has 0 radical (unpaired) electrons. The molecule has 2 aromatic rings. The molecule has 6 heteroatoms. The summed E-state index contributed by atoms with van der Waals surface area (Å²) in [5.41, 5.74) is 3.32. The molecule has 1 aliphatic rings. The highest BCUT2D eigenvalue weighted by molar-refractivity contribution is 6.31. The third-order valence-corrected chi connectivity index (χ3v) is 5.16. The second kappa shape index (κ2) is 10.3. The molecule has 0 aliphatic carbocycles. The van der Waals surface area contributed by atoms with Crippen molar-refractivity contribution in [2.24, 2.45) is 10.9 Å². The van der Waals surface area contributed by atoms with Gasteiger partial charge in [-0.15, -0.1) is 0 Å². The van der Waals surface area contributed by atoms with E-state index in [1.165, 1.54) is 5.56 Å². The van der Waals surface area contributed by atoms with Crippen molar-refractivity contribution in [2.75, 3.05) is 26.9 Å². The van der Waals surface area contributed by atoms with Gasteiger partial charge in [-0.2, -0.15) is 0 Å². The molecular formula is C22H28ClN3O2. The standard InChI is InChI=1S/C22H28ClN3O2/c1-16-7-8-19(21(11-16)28-15-17-9-10-27-14-17)13-26-22(24-2)25-12-18-5-3-4-6-20(18)23/h3-8,11,17H,9-10,12-15H2,1-2H3,(H2,24,25,26). The van der Waals surface area contributed by atoms with E-state index < -0.39 is 0 Å². The number of ether oxygens (including phenoxy) is 2. The van der Waals surface area contributed by atoms with Crippen LogP contribution < -0.4 is 15.4 Å². The van der Waals surface area contributed by atoms with E-state index in [9.17, 15) is 0 Å². The minimum atomic E-state index is 0.478. The van der Waals surface area contributed by atoms with E-state index in [1.807, 2.05) is 24.3 Å². The number of nitrogens with one attached hydrogen (secondary N) is 2. The summed E-state index contributed by atoms with van der Waals surface area (Å²) in [6.07, 6.45) is 1.07. The average molecular weight is 402 g/mol. The Morgan fingerprint density at radius 1 is 1.18 bits per heavy atom. The lowest BCUT2D eigenvalue weighted by Gasteiger charge is -2.17. The van der Waals surface area contributed by atoms with Crippen LogP contribution in [-0.4, -0.2) is 32.8 Å². The van der Waals surface area contributed by atoms with Crippen LogP contribution in [0.1, 0.15) is 23.1 Å². The highest BCUT2D eigenvalue weighted by Crippen LogP contribution is 2.22. The minimum Gasteiger partial charge on any atom is -0.493 e. The van der Waals surface area contributed by atoms with Crippen LogP contribution in [-0.2, 0) is 17.8 Å². The van der Waals surface area contributed by atoms with Crippen LogP contribution in [0.5, 0.6) is 5.75 Å². The number of halogens is 1. The van der Waals surface area contributed by atoms with Crippen molar-refractivity contribution >= 4 is 17.6 Å². The Hall–Kier alpha value is -2.24. The van der Waals surface area contributed by atoms with Crippen molar-refractivity contribution in [1.29, 1.82) is 0 Å². The van der Waals surface area contributed by atoms with Crippen LogP contribution in [0, 0.1) is 12.8 Å². The van der Waals surface area contributed by atoms with Crippen molar-refractivity contribution < 1.29 is 9.47 Å². The molecule has 2 aromatic carbocycles. The van der Waals surface area contributed by atoms with E-state index in [4.69, 9.17) is 21.1 Å². The van der Waals surface area contributed by atoms with Crippen molar-refractivity contribution in [2.45, 2.75) is 26.4 Å². The zero-order valence-electron chi connectivity index (χ0n) is 16.5. The van der Waals surface area contributed by atoms with E-state index in [1.54, 1.807) is 7.05 Å². The Balaban J connectivity index is 1.56. The fraction of sp³-hybridized carbons (Fsp3) is 0.409. The number of aliphatic imine (C=N–C) groups is 1. The largest absolute Gasteiger partial charge is 0.493 e. The molecular weight excluding hydrogens is 374 g/mol. The monoisotopic (exact) mass is 401 g/mol. The van der Waals surface area contributed by atoms with Gasteiger partial charge in [-0.3, -0.25) is 4.99 Å². The zero-order chi connectivity index (χ0) is 19.8. The molecule has 1 unspecified atom stereocenters. The SMILES string of the molecule is CN=C(NCc1ccccc1Cl)NCc1ccc(C)cc1OCC1CCOC1. The van der Waals surface area contributed by atoms with E-state index in [0.29, 0.717) is 25.6 Å². The van der Waals surface area contributed by atoms with Gasteiger partial charge in [-0.05, 0) is 36.6 Å². The summed E-state index contributed by atoms with van der Waals surface area (Å²) in [4.78, 5) is 4.30. The number of rotatable bonds is 7. The third kappa shape index (κ3) is 5.88. The van der Waals surface area contributed by atoms with E-state index in [2.05, 4.69) is 40.7 Å². The van der Waals surface area contributed by atoms with Crippen LogP contribution in [0.4, 0.5) is 0 Å². The summed E-state index contributed by atoms with van der Waals surface area (Å²) >= 11 is 6.22. The number of aryl methyl sites for hydroxylation is 1. The van der Waals surface area contributed by atoms with Gasteiger partial charge in [-0.1, -0.05) is 41.9 Å². The lowest BCUT2D eigenvalue weighted by Crippen LogP contribution is -2.36. The van der Waals surface area contributed by atoms with Gasteiger partial charge in [0.15, 0.2) is 5.96 Å². The van der Waals surface area contributed by atoms with Gasteiger partial charge >= 0.3 is 0 Å². The second-order valence-electron chi connectivity index (χ2n) is 7.02. The molecule has 1 heterocycles. The molecule has 2 N–H and O–H groups in total. The molecule has 1 fully saturated rings. The quantitative estimate of drug-likeness (QED) is 0.545. The van der Waals surface area contributed by atoms with Crippen LogP contribution in [0.15, 0.2) is 47.5 Å². The summed E-state index contributed by atoms with van der Waals surface area (Å²) in [5, 5.41) is 7.40. The van der Waals surface area contributed by atoms with Gasteiger partial charge in [0.2, 0.25) is 0 Å². The predicted octanol–water partition coefficient (Wildman–Crippen LogP) is 3.93. The smallest absolute Gasteiger partial charge is 0.191 e. The Morgan fingerprint density at radius 2 is 1.96 bits per heavy atom. The number of nitrogens with zero attached hydrogens (tertiary/aromatic N) is 1. The fourth-order valence-corrected chi connectivity index (χ4v) is 3.29. The first kappa shape index (κ1) is 20.5. The van der Waals surface area contributed by atoms with Gasteiger partial charge in [0.25, 0.3) is 0 Å². The first-order valence-electron chi connectivity index (χ1n) is 9.63. The van der Waals surface area contributed by atoms with Gasteiger partial charge in [0.05, 0.1) is 13.2 Å². The first-order chi connectivity index (χ1) is 13.7. The summed E-state index contributed by atoms with van der Waals surface area (Å²) in [6.45, 7) is 5.63. The number of benzene rings is 2. The fourth-order valence-electron chi connectivity index (χ4n) is 3.08. The molecule has 28 heavy (non-hydrogen) atoms. The summed E-state index contributed by atoms with van der Waals surface area (Å²) in [7, 11) is 1.76. The summed E-state index contributed by atoms with van der Waals surface area (Å²) < 4.78 is 11.6. The van der Waals surface area contributed by atoms with Crippen LogP contribution in [0.25, 0.3) is 0 Å². The average Bonchev–Trinajstić information content (AvgIpc) is 3.22. The maximum Gasteiger partial charge on any atom is 0.191 e. The molecule has 150 valence electrons. The lowest BCUT2D eigenvalue weighted by molar-refractivity contribution is 0.166. The number of hydrogen-bond donors (Lipinski definition) is 2. The van der Waals surface area contributed by atoms with E-state index >= 15 is 0 Å². The topological polar surface area (TPSA) is 54.9 Å². The molecule has 0 aromatic heterocycles. The Morgan fingerprint density at radius 3 is 2.68 bits per heavy atom. The Kier molecular flexibility index (Phi) is 7.57. The molecule has 1 atom stereocenters. The summed E-state index contributed by atoms with van der Waals surface area (Å²) in [6, 6.07) is 14.1. The number of hydrogen-bond acceptors (Lipinski definition) is 3. The molecule has 3 rings (SSSR count). The normalized spacial score (nSPS) is 16.8. The highest BCUT2D eigenvalue weighted by Gasteiger charge is 2.17. The van der Waals surface area contributed by atoms with Gasteiger partial charge < -0.3 is 20.1 Å². The Labute approximate surface area is 172 Å². The highest BCUT2D eigenvalue weighted by atomic mass is 35.5. The van der Waals surface area contributed by atoms with Crippen molar-refractivity contribution in [3.8, 4) is 5.75 Å². The first-order valence-corrected chi connectivity index (χ1v) is 10.0. The van der Waals surface area contributed by atoms with Crippen LogP contribution in [0.3, 0.4) is 0 Å². The minimum absolute atomic E-state index is 0.478. The number of guanidine groups is 1. The molecule has 0 spiro atoms. The molecule has 0 amide bonds. The van der Waals surface area contributed by atoms with E-state index in [-0.39, 0.29) is 0 Å². The van der Waals surface area contributed by atoms with Gasteiger partial charge in [-0.25, -0.2) is 0 Å². The molecule has 5 nitrogen and oxygen atoms in total. The van der Waals surface area contributed by atoms with E-state index in [0.717, 1.165) is 47.5 Å². The Bertz CT molecular complexity index is 804. The molecule has 0 saturated carbocycles. The van der Waals surface area contributed by atoms with Crippen molar-refractivity contribution in [3.05, 3.63) is 64.2 Å². The lowest BCUT2D eigenvalue weighted by atomic mass is 10.1. The second-order valence-corrected chi connectivity index (χ2v) is 7.43. The van der Waals surface area contributed by atoms with Crippen LogP contribution >= 0.6 is 11.6 Å². The zero-order valence-corrected chi connectivity index (χ0v) is 17.3. The van der Waals surface area contributed by atoms with Crippen molar-refractivity contribution in [3.63, 3.8) is 0 Å². The maximum atomic E-state index is 6.22. The molecule has 1 aliphatic heterocycles.